The van der Waals surface area contributed by atoms with Crippen LogP contribution in [0, 0.1) is 6.92 Å². The summed E-state index contributed by atoms with van der Waals surface area (Å²) < 4.78 is 0. The first-order valence-corrected chi connectivity index (χ1v) is 8.89. The molecular formula is C23H26N2. The van der Waals surface area contributed by atoms with Gasteiger partial charge in [0.2, 0.25) is 0 Å². The normalized spacial score (nSPS) is 10.8. The van der Waals surface area contributed by atoms with Crippen molar-refractivity contribution in [3.05, 3.63) is 107 Å². The molecule has 0 heterocycles. The first-order chi connectivity index (χ1) is 12.3. The first-order valence-electron chi connectivity index (χ1n) is 8.89. The highest BCUT2D eigenvalue weighted by Gasteiger charge is 2.01. The summed E-state index contributed by atoms with van der Waals surface area (Å²) in [6, 6.07) is 27.8. The van der Waals surface area contributed by atoms with Crippen LogP contribution in [0.1, 0.15) is 27.8 Å². The van der Waals surface area contributed by atoms with Crippen LogP contribution in [0.15, 0.2) is 78.9 Å². The van der Waals surface area contributed by atoms with Crippen LogP contribution in [0.3, 0.4) is 0 Å². The van der Waals surface area contributed by atoms with Crippen molar-refractivity contribution in [3.8, 4) is 0 Å². The van der Waals surface area contributed by atoms with Gasteiger partial charge in [-0.2, -0.15) is 0 Å². The summed E-state index contributed by atoms with van der Waals surface area (Å²) >= 11 is 0. The molecule has 3 aromatic rings. The zero-order valence-corrected chi connectivity index (χ0v) is 14.8. The molecule has 0 aliphatic carbocycles. The molecule has 0 fully saturated rings. The van der Waals surface area contributed by atoms with Gasteiger partial charge in [-0.1, -0.05) is 78.9 Å². The van der Waals surface area contributed by atoms with Crippen molar-refractivity contribution in [1.29, 1.82) is 0 Å². The Labute approximate surface area is 150 Å². The van der Waals surface area contributed by atoms with Crippen molar-refractivity contribution in [2.24, 2.45) is 0 Å². The zero-order chi connectivity index (χ0) is 17.3. The minimum Gasteiger partial charge on any atom is -0.309 e. The van der Waals surface area contributed by atoms with E-state index in [1.165, 1.54) is 27.8 Å². The Morgan fingerprint density at radius 2 is 1.08 bits per heavy atom. The fourth-order valence-electron chi connectivity index (χ4n) is 2.95. The Balaban J connectivity index is 1.47. The summed E-state index contributed by atoms with van der Waals surface area (Å²) in [5.74, 6) is 0. The maximum Gasteiger partial charge on any atom is 0.0211 e. The Bertz CT molecular complexity index is 767. The topological polar surface area (TPSA) is 24.1 Å². The van der Waals surface area contributed by atoms with Gasteiger partial charge in [0, 0.05) is 26.2 Å². The predicted octanol–water partition coefficient (Wildman–Crippen LogP) is 4.57. The summed E-state index contributed by atoms with van der Waals surface area (Å²) in [5.41, 5.74) is 6.69. The van der Waals surface area contributed by atoms with E-state index in [1.54, 1.807) is 0 Å². The largest absolute Gasteiger partial charge is 0.309 e. The number of nitrogens with one attached hydrogen (secondary N) is 2. The number of benzene rings is 3. The third-order valence-electron chi connectivity index (χ3n) is 4.40. The van der Waals surface area contributed by atoms with Crippen LogP contribution >= 0.6 is 0 Å². The molecule has 0 aliphatic rings. The van der Waals surface area contributed by atoms with Crippen LogP contribution in [-0.4, -0.2) is 0 Å². The van der Waals surface area contributed by atoms with E-state index in [9.17, 15) is 0 Å². The molecular weight excluding hydrogens is 304 g/mol. The molecule has 3 rings (SSSR count). The van der Waals surface area contributed by atoms with Crippen molar-refractivity contribution in [3.63, 3.8) is 0 Å². The molecule has 0 bridgehead atoms. The van der Waals surface area contributed by atoms with Crippen LogP contribution in [0.25, 0.3) is 0 Å². The van der Waals surface area contributed by atoms with Crippen molar-refractivity contribution < 1.29 is 0 Å². The van der Waals surface area contributed by atoms with Gasteiger partial charge in [0.05, 0.1) is 0 Å². The van der Waals surface area contributed by atoms with Gasteiger partial charge in [0.25, 0.3) is 0 Å². The van der Waals surface area contributed by atoms with Gasteiger partial charge in [-0.05, 0) is 34.7 Å². The number of aryl methyl sites for hydroxylation is 1. The molecule has 25 heavy (non-hydrogen) atoms. The molecule has 0 aliphatic heterocycles. The summed E-state index contributed by atoms with van der Waals surface area (Å²) in [6.45, 7) is 5.80. The zero-order valence-electron chi connectivity index (χ0n) is 14.8. The van der Waals surface area contributed by atoms with E-state index >= 15 is 0 Å². The SMILES string of the molecule is Cc1cc(CNCc2ccccc2)ccc1CNCc1ccccc1. The molecule has 2 N–H and O–H groups in total. The van der Waals surface area contributed by atoms with Gasteiger partial charge in [-0.15, -0.1) is 0 Å². The highest BCUT2D eigenvalue weighted by molar-refractivity contribution is 5.31. The molecule has 3 aromatic carbocycles. The molecule has 2 heteroatoms. The Kier molecular flexibility index (Phi) is 6.38. The third kappa shape index (κ3) is 5.56. The average Bonchev–Trinajstić information content (AvgIpc) is 2.65. The lowest BCUT2D eigenvalue weighted by Crippen LogP contribution is -2.15. The monoisotopic (exact) mass is 330 g/mol. The van der Waals surface area contributed by atoms with Gasteiger partial charge in [-0.25, -0.2) is 0 Å². The first kappa shape index (κ1) is 17.4. The lowest BCUT2D eigenvalue weighted by Gasteiger charge is -2.11. The highest BCUT2D eigenvalue weighted by Crippen LogP contribution is 2.12. The van der Waals surface area contributed by atoms with Crippen LogP contribution in [0.4, 0.5) is 0 Å². The van der Waals surface area contributed by atoms with Crippen molar-refractivity contribution in [2.45, 2.75) is 33.1 Å². The van der Waals surface area contributed by atoms with Gasteiger partial charge >= 0.3 is 0 Å². The summed E-state index contributed by atoms with van der Waals surface area (Å²) in [7, 11) is 0. The number of rotatable bonds is 8. The van der Waals surface area contributed by atoms with Crippen molar-refractivity contribution in [1.82, 2.24) is 10.6 Å². The predicted molar refractivity (Wildman–Crippen MR) is 105 cm³/mol. The molecule has 0 saturated heterocycles. The summed E-state index contributed by atoms with van der Waals surface area (Å²) in [6.07, 6.45) is 0. The van der Waals surface area contributed by atoms with Gasteiger partial charge in [0.15, 0.2) is 0 Å². The van der Waals surface area contributed by atoms with E-state index in [0.29, 0.717) is 0 Å². The van der Waals surface area contributed by atoms with E-state index in [2.05, 4.69) is 96.4 Å². The number of hydrogen-bond donors (Lipinski definition) is 2. The fourth-order valence-corrected chi connectivity index (χ4v) is 2.95. The fraction of sp³-hybridized carbons (Fsp3) is 0.217. The minimum atomic E-state index is 0.896. The van der Waals surface area contributed by atoms with E-state index in [-0.39, 0.29) is 0 Å². The second-order valence-electron chi connectivity index (χ2n) is 6.44. The molecule has 0 radical (unpaired) electrons. The maximum absolute atomic E-state index is 3.53. The molecule has 0 amide bonds. The van der Waals surface area contributed by atoms with E-state index in [4.69, 9.17) is 0 Å². The molecule has 0 spiro atoms. The Morgan fingerprint density at radius 3 is 1.64 bits per heavy atom. The van der Waals surface area contributed by atoms with Crippen molar-refractivity contribution >= 4 is 0 Å². The lowest BCUT2D eigenvalue weighted by atomic mass is 10.0. The molecule has 0 unspecified atom stereocenters. The van der Waals surface area contributed by atoms with E-state index in [0.717, 1.165) is 26.2 Å². The van der Waals surface area contributed by atoms with Crippen LogP contribution in [0.5, 0.6) is 0 Å². The summed E-state index contributed by atoms with van der Waals surface area (Å²) in [5, 5.41) is 7.04. The minimum absolute atomic E-state index is 0.896. The van der Waals surface area contributed by atoms with E-state index < -0.39 is 0 Å². The number of hydrogen-bond acceptors (Lipinski definition) is 2. The third-order valence-corrected chi connectivity index (χ3v) is 4.40. The molecule has 0 atom stereocenters. The van der Waals surface area contributed by atoms with Gasteiger partial charge in [-0.3, -0.25) is 0 Å². The lowest BCUT2D eigenvalue weighted by molar-refractivity contribution is 0.683. The van der Waals surface area contributed by atoms with Crippen LogP contribution in [-0.2, 0) is 26.2 Å². The van der Waals surface area contributed by atoms with Crippen LogP contribution in [0.2, 0.25) is 0 Å². The molecule has 2 nitrogen and oxygen atoms in total. The standard InChI is InChI=1S/C23H26N2/c1-19-14-22(17-24-15-20-8-4-2-5-9-20)12-13-23(19)18-25-16-21-10-6-3-7-11-21/h2-14,24-25H,15-18H2,1H3. The second kappa shape index (κ2) is 9.16. The van der Waals surface area contributed by atoms with Crippen molar-refractivity contribution in [2.75, 3.05) is 0 Å². The smallest absolute Gasteiger partial charge is 0.0211 e. The highest BCUT2D eigenvalue weighted by atomic mass is 14.9. The maximum atomic E-state index is 3.53. The molecule has 0 saturated carbocycles. The molecule has 0 aromatic heterocycles. The summed E-state index contributed by atoms with van der Waals surface area (Å²) in [4.78, 5) is 0. The van der Waals surface area contributed by atoms with Gasteiger partial charge in [0.1, 0.15) is 0 Å². The Morgan fingerprint density at radius 1 is 0.560 bits per heavy atom. The second-order valence-corrected chi connectivity index (χ2v) is 6.44. The van der Waals surface area contributed by atoms with Gasteiger partial charge < -0.3 is 10.6 Å². The quantitative estimate of drug-likeness (QED) is 0.632. The molecule has 128 valence electrons. The van der Waals surface area contributed by atoms with E-state index in [1.807, 2.05) is 0 Å². The Hall–Kier alpha value is -2.42. The average molecular weight is 330 g/mol. The van der Waals surface area contributed by atoms with Crippen LogP contribution < -0.4 is 10.6 Å².